The fourth-order valence-corrected chi connectivity index (χ4v) is 2.18. The first-order chi connectivity index (χ1) is 8.81. The molecule has 0 bridgehead atoms. The zero-order chi connectivity index (χ0) is 12.5. The lowest BCUT2D eigenvalue weighted by atomic mass is 10.0. The molecule has 0 aromatic heterocycles. The normalized spacial score (nSPS) is 17.2. The predicted octanol–water partition coefficient (Wildman–Crippen LogP) is 3.01. The first-order valence-corrected chi connectivity index (χ1v) is 5.74. The zero-order valence-electron chi connectivity index (χ0n) is 9.92. The van der Waals surface area contributed by atoms with Gasteiger partial charge in [0.05, 0.1) is 12.7 Å². The fourth-order valence-electron chi connectivity index (χ4n) is 2.18. The van der Waals surface area contributed by atoms with Crippen LogP contribution in [-0.4, -0.2) is 12.9 Å². The second-order valence-electron chi connectivity index (χ2n) is 4.10. The van der Waals surface area contributed by atoms with Gasteiger partial charge in [-0.3, -0.25) is 4.79 Å². The summed E-state index contributed by atoms with van der Waals surface area (Å²) in [6, 6.07) is 14.7. The Balaban J connectivity index is 2.04. The van der Waals surface area contributed by atoms with E-state index >= 15 is 0 Å². The Kier molecular flexibility index (Phi) is 2.52. The maximum Gasteiger partial charge on any atom is 0.211 e. The molecule has 1 heterocycles. The van der Waals surface area contributed by atoms with Gasteiger partial charge < -0.3 is 9.47 Å². The molecule has 3 heteroatoms. The number of hydrogen-bond acceptors (Lipinski definition) is 3. The Morgan fingerprint density at radius 3 is 2.56 bits per heavy atom. The highest BCUT2D eigenvalue weighted by atomic mass is 16.5. The molecular weight excluding hydrogens is 228 g/mol. The quantitative estimate of drug-likeness (QED) is 0.809. The van der Waals surface area contributed by atoms with E-state index in [9.17, 15) is 4.79 Å². The van der Waals surface area contributed by atoms with Gasteiger partial charge in [-0.05, 0) is 18.2 Å². The van der Waals surface area contributed by atoms with Crippen molar-refractivity contribution in [2.75, 3.05) is 7.11 Å². The van der Waals surface area contributed by atoms with Crippen LogP contribution >= 0.6 is 0 Å². The van der Waals surface area contributed by atoms with Crippen molar-refractivity contribution in [2.45, 2.75) is 6.10 Å². The fraction of sp³-hybridized carbons (Fsp3) is 0.133. The summed E-state index contributed by atoms with van der Waals surface area (Å²) in [7, 11) is 1.59. The minimum atomic E-state index is -0.599. The van der Waals surface area contributed by atoms with Crippen LogP contribution in [0.2, 0.25) is 0 Å². The monoisotopic (exact) mass is 240 g/mol. The number of ketones is 1. The molecule has 0 saturated carbocycles. The smallest absolute Gasteiger partial charge is 0.211 e. The Labute approximate surface area is 105 Å². The number of carbonyl (C=O) groups is 1. The number of hydrogen-bond donors (Lipinski definition) is 0. The van der Waals surface area contributed by atoms with Gasteiger partial charge in [0.2, 0.25) is 5.78 Å². The molecule has 1 atom stereocenters. The molecule has 0 aliphatic carbocycles. The molecule has 0 spiro atoms. The third-order valence-corrected chi connectivity index (χ3v) is 3.06. The lowest BCUT2D eigenvalue weighted by Gasteiger charge is -2.13. The molecule has 3 rings (SSSR count). The second-order valence-corrected chi connectivity index (χ2v) is 4.10. The van der Waals surface area contributed by atoms with Crippen LogP contribution in [0.1, 0.15) is 22.0 Å². The van der Waals surface area contributed by atoms with Crippen LogP contribution in [0.15, 0.2) is 48.5 Å². The van der Waals surface area contributed by atoms with E-state index in [0.29, 0.717) is 17.1 Å². The van der Waals surface area contributed by atoms with E-state index in [1.54, 1.807) is 13.2 Å². The van der Waals surface area contributed by atoms with Crippen LogP contribution in [-0.2, 0) is 0 Å². The van der Waals surface area contributed by atoms with Gasteiger partial charge in [-0.1, -0.05) is 30.3 Å². The van der Waals surface area contributed by atoms with Crippen molar-refractivity contribution in [3.05, 3.63) is 59.7 Å². The number of rotatable bonds is 2. The van der Waals surface area contributed by atoms with Crippen molar-refractivity contribution >= 4 is 5.78 Å². The van der Waals surface area contributed by atoms with Gasteiger partial charge in [-0.25, -0.2) is 0 Å². The van der Waals surface area contributed by atoms with Crippen LogP contribution in [0, 0.1) is 0 Å². The summed E-state index contributed by atoms with van der Waals surface area (Å²) < 4.78 is 11.0. The van der Waals surface area contributed by atoms with Crippen molar-refractivity contribution in [3.63, 3.8) is 0 Å². The van der Waals surface area contributed by atoms with Crippen LogP contribution in [0.4, 0.5) is 0 Å². The summed E-state index contributed by atoms with van der Waals surface area (Å²) in [6.45, 7) is 0. The van der Waals surface area contributed by atoms with Crippen LogP contribution < -0.4 is 9.47 Å². The highest BCUT2D eigenvalue weighted by Gasteiger charge is 2.34. The highest BCUT2D eigenvalue weighted by molar-refractivity contribution is 6.05. The average molecular weight is 240 g/mol. The van der Waals surface area contributed by atoms with E-state index in [4.69, 9.17) is 9.47 Å². The van der Waals surface area contributed by atoms with E-state index < -0.39 is 6.10 Å². The molecule has 0 amide bonds. The van der Waals surface area contributed by atoms with E-state index in [1.807, 2.05) is 42.5 Å². The predicted molar refractivity (Wildman–Crippen MR) is 67.1 cm³/mol. The number of fused-ring (bicyclic) bond motifs is 1. The molecule has 0 fully saturated rings. The van der Waals surface area contributed by atoms with Gasteiger partial charge in [0, 0.05) is 5.56 Å². The van der Waals surface area contributed by atoms with Gasteiger partial charge in [0.1, 0.15) is 11.5 Å². The molecule has 1 aliphatic rings. The summed E-state index contributed by atoms with van der Waals surface area (Å²) in [5.74, 6) is 1.29. The molecule has 1 unspecified atom stereocenters. The van der Waals surface area contributed by atoms with E-state index in [-0.39, 0.29) is 5.78 Å². The number of carbonyl (C=O) groups excluding carboxylic acids is 1. The Morgan fingerprint density at radius 2 is 1.78 bits per heavy atom. The van der Waals surface area contributed by atoms with Crippen molar-refractivity contribution in [2.24, 2.45) is 0 Å². The summed E-state index contributed by atoms with van der Waals surface area (Å²) in [4.78, 5) is 12.3. The molecule has 1 aliphatic heterocycles. The molecule has 90 valence electrons. The number of Topliss-reactive ketones (excluding diaryl/α,β-unsaturated/α-hetero) is 1. The van der Waals surface area contributed by atoms with Crippen molar-refractivity contribution in [1.82, 2.24) is 0 Å². The van der Waals surface area contributed by atoms with Crippen LogP contribution in [0.3, 0.4) is 0 Å². The van der Waals surface area contributed by atoms with Crippen LogP contribution in [0.5, 0.6) is 11.5 Å². The zero-order valence-corrected chi connectivity index (χ0v) is 9.92. The van der Waals surface area contributed by atoms with Gasteiger partial charge in [-0.2, -0.15) is 0 Å². The maximum atomic E-state index is 12.3. The molecule has 0 radical (unpaired) electrons. The van der Waals surface area contributed by atoms with Crippen molar-refractivity contribution in [1.29, 1.82) is 0 Å². The summed E-state index contributed by atoms with van der Waals surface area (Å²) in [5.41, 5.74) is 1.40. The number of ether oxygens (including phenoxy) is 2. The largest absolute Gasteiger partial charge is 0.496 e. The maximum absolute atomic E-state index is 12.3. The number of benzene rings is 2. The van der Waals surface area contributed by atoms with E-state index in [0.717, 1.165) is 5.56 Å². The first kappa shape index (κ1) is 10.8. The van der Waals surface area contributed by atoms with Crippen molar-refractivity contribution in [3.8, 4) is 11.5 Å². The van der Waals surface area contributed by atoms with Gasteiger partial charge >= 0.3 is 0 Å². The third-order valence-electron chi connectivity index (χ3n) is 3.06. The standard InChI is InChI=1S/C15H12O3/c1-17-12-8-4-3-7-11(12)15-14(16)10-6-2-5-9-13(10)18-15/h2-9,15H,1H3. The minimum absolute atomic E-state index is 0.0184. The molecular formula is C15H12O3. The number of para-hydroxylation sites is 2. The van der Waals surface area contributed by atoms with E-state index in [1.165, 1.54) is 0 Å². The Hall–Kier alpha value is -2.29. The summed E-state index contributed by atoms with van der Waals surface area (Å²) in [5, 5.41) is 0. The lowest BCUT2D eigenvalue weighted by Crippen LogP contribution is -2.12. The Morgan fingerprint density at radius 1 is 1.06 bits per heavy atom. The number of methoxy groups -OCH3 is 1. The minimum Gasteiger partial charge on any atom is -0.496 e. The van der Waals surface area contributed by atoms with Gasteiger partial charge in [0.25, 0.3) is 0 Å². The molecule has 18 heavy (non-hydrogen) atoms. The highest BCUT2D eigenvalue weighted by Crippen LogP contribution is 2.39. The van der Waals surface area contributed by atoms with E-state index in [2.05, 4.69) is 0 Å². The third kappa shape index (κ3) is 1.56. The molecule has 3 nitrogen and oxygen atoms in total. The molecule has 0 N–H and O–H groups in total. The van der Waals surface area contributed by atoms with Gasteiger partial charge in [0.15, 0.2) is 6.10 Å². The van der Waals surface area contributed by atoms with Gasteiger partial charge in [-0.15, -0.1) is 0 Å². The van der Waals surface area contributed by atoms with Crippen molar-refractivity contribution < 1.29 is 14.3 Å². The summed E-state index contributed by atoms with van der Waals surface area (Å²) in [6.07, 6.45) is -0.599. The lowest BCUT2D eigenvalue weighted by molar-refractivity contribution is 0.0854. The molecule has 0 saturated heterocycles. The summed E-state index contributed by atoms with van der Waals surface area (Å²) >= 11 is 0. The SMILES string of the molecule is COc1ccccc1C1Oc2ccccc2C1=O. The first-order valence-electron chi connectivity index (χ1n) is 5.74. The Bertz CT molecular complexity index is 604. The second kappa shape index (κ2) is 4.18. The van der Waals surface area contributed by atoms with Crippen LogP contribution in [0.25, 0.3) is 0 Å². The topological polar surface area (TPSA) is 35.5 Å². The molecule has 2 aromatic carbocycles. The average Bonchev–Trinajstić information content (AvgIpc) is 2.76. The molecule has 2 aromatic rings.